The Morgan fingerprint density at radius 3 is 2.62 bits per heavy atom. The van der Waals surface area contributed by atoms with Crippen molar-refractivity contribution in [2.75, 3.05) is 5.33 Å². The summed E-state index contributed by atoms with van der Waals surface area (Å²) in [6, 6.07) is 12.7. The van der Waals surface area contributed by atoms with Gasteiger partial charge in [0.25, 0.3) is 0 Å². The van der Waals surface area contributed by atoms with Crippen molar-refractivity contribution in [2.24, 2.45) is 0 Å². The fraction of sp³-hybridized carbons (Fsp3) is 0.391. The van der Waals surface area contributed by atoms with E-state index in [0.717, 1.165) is 43.0 Å². The minimum absolute atomic E-state index is 0.179. The molecule has 1 aliphatic carbocycles. The highest BCUT2D eigenvalue weighted by Crippen LogP contribution is 2.39. The maximum absolute atomic E-state index is 13.8. The van der Waals surface area contributed by atoms with Gasteiger partial charge >= 0.3 is 0 Å². The van der Waals surface area contributed by atoms with E-state index < -0.39 is 0 Å². The van der Waals surface area contributed by atoms with Crippen LogP contribution in [0.2, 0.25) is 0 Å². The summed E-state index contributed by atoms with van der Waals surface area (Å²) >= 11 is 3.49. The highest BCUT2D eigenvalue weighted by Gasteiger charge is 2.19. The topological polar surface area (TPSA) is 20.2 Å². The van der Waals surface area contributed by atoms with Gasteiger partial charge in [0.05, 0.1) is 0 Å². The van der Waals surface area contributed by atoms with Gasteiger partial charge in [-0.15, -0.1) is 0 Å². The lowest BCUT2D eigenvalue weighted by Crippen LogP contribution is -1.95. The summed E-state index contributed by atoms with van der Waals surface area (Å²) in [5.74, 6) is 0.150. The van der Waals surface area contributed by atoms with Crippen LogP contribution in [0.1, 0.15) is 61.6 Å². The summed E-state index contributed by atoms with van der Waals surface area (Å²) in [6.45, 7) is 0. The molecule has 1 nitrogen and oxygen atoms in total. The molecule has 1 aliphatic rings. The molecular weight excluding hydrogens is 391 g/mol. The Kier molecular flexibility index (Phi) is 6.90. The second-order valence-corrected chi connectivity index (χ2v) is 7.81. The molecular formula is C23H26BrFO. The molecule has 2 aromatic rings. The fourth-order valence-electron chi connectivity index (χ4n) is 3.88. The lowest BCUT2D eigenvalue weighted by molar-refractivity contribution is 0.474. The van der Waals surface area contributed by atoms with Crippen molar-refractivity contribution in [1.29, 1.82) is 0 Å². The molecule has 0 radical (unpaired) electrons. The van der Waals surface area contributed by atoms with Crippen LogP contribution in [0.3, 0.4) is 0 Å². The number of alkyl halides is 1. The summed E-state index contributed by atoms with van der Waals surface area (Å²) < 4.78 is 13.8. The van der Waals surface area contributed by atoms with Crippen molar-refractivity contribution in [2.45, 2.75) is 51.4 Å². The van der Waals surface area contributed by atoms with Crippen molar-refractivity contribution in [3.05, 3.63) is 65.0 Å². The Morgan fingerprint density at radius 1 is 0.962 bits per heavy atom. The molecule has 1 N–H and O–H groups in total. The first-order valence-corrected chi connectivity index (χ1v) is 10.7. The van der Waals surface area contributed by atoms with E-state index in [9.17, 15) is 9.50 Å². The minimum Gasteiger partial charge on any atom is -0.508 e. The third kappa shape index (κ3) is 4.76. The van der Waals surface area contributed by atoms with Gasteiger partial charge in [0, 0.05) is 5.33 Å². The number of rotatable bonds is 7. The molecule has 0 heterocycles. The van der Waals surface area contributed by atoms with Gasteiger partial charge in [0.2, 0.25) is 0 Å². The van der Waals surface area contributed by atoms with E-state index in [-0.39, 0.29) is 5.82 Å². The smallest absolute Gasteiger partial charge is 0.123 e. The number of halogens is 2. The zero-order valence-corrected chi connectivity index (χ0v) is 16.7. The number of hydrogen-bond donors (Lipinski definition) is 1. The Bertz CT molecular complexity index is 782. The standard InChI is InChI=1S/C23H26BrFO/c24-14-4-2-1-3-10-23-21(17-7-5-9-19(25)15-17)11-6-8-18-16-20(26)12-13-22(18)23/h5,7,9,12-13,15-16,26H,1-4,6,8,10-11,14H2. The van der Waals surface area contributed by atoms with Gasteiger partial charge < -0.3 is 5.11 Å². The average molecular weight is 417 g/mol. The largest absolute Gasteiger partial charge is 0.508 e. The van der Waals surface area contributed by atoms with E-state index in [0.29, 0.717) is 5.75 Å². The number of benzene rings is 2. The van der Waals surface area contributed by atoms with Crippen molar-refractivity contribution in [1.82, 2.24) is 0 Å². The van der Waals surface area contributed by atoms with Gasteiger partial charge in [-0.05, 0) is 90.6 Å². The number of phenols is 1. The van der Waals surface area contributed by atoms with Gasteiger partial charge in [-0.1, -0.05) is 47.0 Å². The van der Waals surface area contributed by atoms with Crippen molar-refractivity contribution in [3.63, 3.8) is 0 Å². The molecule has 0 bridgehead atoms. The van der Waals surface area contributed by atoms with Gasteiger partial charge in [-0.2, -0.15) is 0 Å². The third-order valence-electron chi connectivity index (χ3n) is 5.13. The highest BCUT2D eigenvalue weighted by molar-refractivity contribution is 9.09. The maximum atomic E-state index is 13.8. The second kappa shape index (κ2) is 9.36. The van der Waals surface area contributed by atoms with Crippen molar-refractivity contribution in [3.8, 4) is 5.75 Å². The number of allylic oxidation sites excluding steroid dienone is 2. The number of hydrogen-bond acceptors (Lipinski definition) is 1. The zero-order valence-electron chi connectivity index (χ0n) is 15.1. The van der Waals surface area contributed by atoms with E-state index in [1.54, 1.807) is 18.2 Å². The first-order chi connectivity index (χ1) is 12.7. The molecule has 3 heteroatoms. The lowest BCUT2D eigenvalue weighted by Gasteiger charge is -2.16. The van der Waals surface area contributed by atoms with Gasteiger partial charge in [0.1, 0.15) is 11.6 Å². The molecule has 3 rings (SSSR count). The third-order valence-corrected chi connectivity index (χ3v) is 5.70. The monoisotopic (exact) mass is 416 g/mol. The second-order valence-electron chi connectivity index (χ2n) is 7.02. The Balaban J connectivity index is 1.97. The number of aryl methyl sites for hydroxylation is 1. The molecule has 0 spiro atoms. The normalized spacial score (nSPS) is 14.2. The number of unbranched alkanes of at least 4 members (excludes halogenated alkanes) is 3. The van der Waals surface area contributed by atoms with Crippen LogP contribution in [0.4, 0.5) is 4.39 Å². The molecule has 0 saturated heterocycles. The van der Waals surface area contributed by atoms with Crippen LogP contribution in [0.5, 0.6) is 5.75 Å². The predicted octanol–water partition coefficient (Wildman–Crippen LogP) is 7.12. The zero-order chi connectivity index (χ0) is 18.4. The SMILES string of the molecule is Oc1ccc2c(c1)CCCC(c1cccc(F)c1)=C2CCCCCCBr. The van der Waals surface area contributed by atoms with Crippen LogP contribution in [0.25, 0.3) is 11.1 Å². The number of phenolic OH excluding ortho intramolecular Hbond substituents is 1. The van der Waals surface area contributed by atoms with Gasteiger partial charge in [-0.25, -0.2) is 4.39 Å². The van der Waals surface area contributed by atoms with E-state index >= 15 is 0 Å². The van der Waals surface area contributed by atoms with Crippen molar-refractivity contribution < 1.29 is 9.50 Å². The van der Waals surface area contributed by atoms with E-state index in [2.05, 4.69) is 15.9 Å². The van der Waals surface area contributed by atoms with Crippen LogP contribution >= 0.6 is 15.9 Å². The summed E-state index contributed by atoms with van der Waals surface area (Å²) in [6.07, 6.45) is 8.73. The molecule has 0 unspecified atom stereocenters. The minimum atomic E-state index is -0.179. The molecule has 0 fully saturated rings. The van der Waals surface area contributed by atoms with Crippen LogP contribution in [0.15, 0.2) is 42.5 Å². The molecule has 0 amide bonds. The van der Waals surface area contributed by atoms with Crippen molar-refractivity contribution >= 4 is 27.1 Å². The predicted molar refractivity (Wildman–Crippen MR) is 111 cm³/mol. The van der Waals surface area contributed by atoms with Crippen LogP contribution in [-0.4, -0.2) is 10.4 Å². The Morgan fingerprint density at radius 2 is 1.81 bits per heavy atom. The Labute approximate surface area is 164 Å². The average Bonchev–Trinajstić information content (AvgIpc) is 2.80. The van der Waals surface area contributed by atoms with E-state index in [1.807, 2.05) is 18.2 Å². The molecule has 138 valence electrons. The molecule has 0 saturated carbocycles. The summed E-state index contributed by atoms with van der Waals surface area (Å²) in [7, 11) is 0. The molecule has 26 heavy (non-hydrogen) atoms. The summed E-state index contributed by atoms with van der Waals surface area (Å²) in [4.78, 5) is 0. The molecule has 0 aliphatic heterocycles. The van der Waals surface area contributed by atoms with Crippen LogP contribution < -0.4 is 0 Å². The van der Waals surface area contributed by atoms with Crippen LogP contribution in [-0.2, 0) is 6.42 Å². The first kappa shape index (κ1) is 19.2. The van der Waals surface area contributed by atoms with Crippen LogP contribution in [0, 0.1) is 5.82 Å². The quantitative estimate of drug-likeness (QED) is 0.376. The lowest BCUT2D eigenvalue weighted by atomic mass is 9.89. The molecule has 2 aromatic carbocycles. The number of aromatic hydroxyl groups is 1. The molecule has 0 atom stereocenters. The van der Waals surface area contributed by atoms with Gasteiger partial charge in [-0.3, -0.25) is 0 Å². The number of fused-ring (bicyclic) bond motifs is 1. The van der Waals surface area contributed by atoms with E-state index in [1.165, 1.54) is 47.6 Å². The van der Waals surface area contributed by atoms with Gasteiger partial charge in [0.15, 0.2) is 0 Å². The highest BCUT2D eigenvalue weighted by atomic mass is 79.9. The van der Waals surface area contributed by atoms with E-state index in [4.69, 9.17) is 0 Å². The fourth-order valence-corrected chi connectivity index (χ4v) is 4.28. The first-order valence-electron chi connectivity index (χ1n) is 9.55. The summed E-state index contributed by atoms with van der Waals surface area (Å²) in [5.41, 5.74) is 6.06. The molecule has 0 aromatic heterocycles. The Hall–Kier alpha value is -1.61. The maximum Gasteiger partial charge on any atom is 0.123 e. The summed E-state index contributed by atoms with van der Waals surface area (Å²) in [5, 5.41) is 11.0.